The van der Waals surface area contributed by atoms with E-state index >= 15 is 0 Å². The minimum Gasteiger partial charge on any atom is -0.461 e. The van der Waals surface area contributed by atoms with Crippen molar-refractivity contribution in [3.05, 3.63) is 60.1 Å². The van der Waals surface area contributed by atoms with Gasteiger partial charge in [-0.1, -0.05) is 30.3 Å². The van der Waals surface area contributed by atoms with Crippen molar-refractivity contribution in [3.63, 3.8) is 0 Å². The average Bonchev–Trinajstić information content (AvgIpc) is 3.36. The van der Waals surface area contributed by atoms with Crippen molar-refractivity contribution in [2.45, 2.75) is 19.3 Å². The summed E-state index contributed by atoms with van der Waals surface area (Å²) >= 11 is 0. The van der Waals surface area contributed by atoms with Gasteiger partial charge in [-0.2, -0.15) is 5.10 Å². The molecule has 2 heterocycles. The molecule has 0 amide bonds. The molecule has 1 aromatic carbocycles. The van der Waals surface area contributed by atoms with E-state index in [9.17, 15) is 0 Å². The Labute approximate surface area is 176 Å². The van der Waals surface area contributed by atoms with Crippen molar-refractivity contribution in [2.24, 2.45) is 4.99 Å². The summed E-state index contributed by atoms with van der Waals surface area (Å²) in [6.07, 6.45) is 4.44. The first-order valence-electron chi connectivity index (χ1n) is 8.79. The smallest absolute Gasteiger partial charge is 0.216 e. The molecule has 3 N–H and O–H groups in total. The summed E-state index contributed by atoms with van der Waals surface area (Å²) in [5.74, 6) is 2.84. The van der Waals surface area contributed by atoms with Crippen molar-refractivity contribution < 1.29 is 4.42 Å². The van der Waals surface area contributed by atoms with Gasteiger partial charge in [0.1, 0.15) is 5.82 Å². The molecule has 0 aliphatic rings. The second-order valence-electron chi connectivity index (χ2n) is 5.85. The molecule has 7 nitrogen and oxygen atoms in total. The number of halogens is 1. The van der Waals surface area contributed by atoms with Crippen LogP contribution < -0.4 is 10.6 Å². The number of aryl methyl sites for hydroxylation is 1. The van der Waals surface area contributed by atoms with Crippen molar-refractivity contribution in [3.8, 4) is 11.6 Å². The number of furan rings is 1. The van der Waals surface area contributed by atoms with Crippen LogP contribution in [-0.4, -0.2) is 41.3 Å². The Kier molecular flexibility index (Phi) is 8.82. The number of aromatic nitrogens is 3. The monoisotopic (exact) mass is 480 g/mol. The zero-order valence-corrected chi connectivity index (χ0v) is 17.6. The summed E-state index contributed by atoms with van der Waals surface area (Å²) in [5, 5.41) is 13.7. The Morgan fingerprint density at radius 2 is 1.89 bits per heavy atom. The molecule has 0 atom stereocenters. The van der Waals surface area contributed by atoms with Crippen LogP contribution in [0, 0.1) is 0 Å². The maximum atomic E-state index is 5.29. The van der Waals surface area contributed by atoms with Crippen molar-refractivity contribution >= 4 is 29.9 Å². The van der Waals surface area contributed by atoms with Gasteiger partial charge < -0.3 is 15.1 Å². The number of benzene rings is 1. The minimum absolute atomic E-state index is 0. The van der Waals surface area contributed by atoms with E-state index in [4.69, 9.17) is 4.42 Å². The molecule has 8 heteroatoms. The zero-order valence-electron chi connectivity index (χ0n) is 15.3. The fourth-order valence-corrected chi connectivity index (χ4v) is 2.59. The molecule has 27 heavy (non-hydrogen) atoms. The van der Waals surface area contributed by atoms with Crippen LogP contribution in [0.2, 0.25) is 0 Å². The second-order valence-corrected chi connectivity index (χ2v) is 5.85. The lowest BCUT2D eigenvalue weighted by molar-refractivity contribution is 0.577. The van der Waals surface area contributed by atoms with Crippen LogP contribution in [0.5, 0.6) is 0 Å². The minimum atomic E-state index is 0. The van der Waals surface area contributed by atoms with Gasteiger partial charge in [-0.15, -0.1) is 24.0 Å². The lowest BCUT2D eigenvalue weighted by atomic mass is 10.1. The zero-order chi connectivity index (χ0) is 18.0. The second kappa shape index (κ2) is 11.4. The van der Waals surface area contributed by atoms with Gasteiger partial charge in [0.2, 0.25) is 5.82 Å². The van der Waals surface area contributed by atoms with Crippen LogP contribution in [0.3, 0.4) is 0 Å². The van der Waals surface area contributed by atoms with Crippen LogP contribution in [-0.2, 0) is 12.8 Å². The third kappa shape index (κ3) is 6.70. The first-order valence-corrected chi connectivity index (χ1v) is 8.79. The van der Waals surface area contributed by atoms with Crippen LogP contribution in [0.1, 0.15) is 17.8 Å². The highest BCUT2D eigenvalue weighted by atomic mass is 127. The molecule has 0 aliphatic heterocycles. The van der Waals surface area contributed by atoms with E-state index in [2.05, 4.69) is 55.1 Å². The third-order valence-electron chi connectivity index (χ3n) is 3.93. The van der Waals surface area contributed by atoms with Gasteiger partial charge in [-0.05, 0) is 30.5 Å². The maximum absolute atomic E-state index is 5.29. The van der Waals surface area contributed by atoms with Gasteiger partial charge in [0.25, 0.3) is 0 Å². The van der Waals surface area contributed by atoms with E-state index in [-0.39, 0.29) is 24.0 Å². The van der Waals surface area contributed by atoms with Gasteiger partial charge in [0.05, 0.1) is 6.26 Å². The molecule has 0 saturated carbocycles. The standard InChI is InChI=1S/C19H24N6O.HI/c1-20-19(21-12-5-9-15-7-3-2-4-8-15)22-13-11-17-23-18(25-24-17)16-10-6-14-26-16;/h2-4,6-8,10,14H,5,9,11-13H2,1H3,(H2,20,21,22)(H,23,24,25);1H. The van der Waals surface area contributed by atoms with E-state index in [1.165, 1.54) is 5.56 Å². The van der Waals surface area contributed by atoms with E-state index < -0.39 is 0 Å². The van der Waals surface area contributed by atoms with Crippen molar-refractivity contribution in [1.29, 1.82) is 0 Å². The fraction of sp³-hybridized carbons (Fsp3) is 0.316. The molecule has 144 valence electrons. The molecule has 0 bridgehead atoms. The molecular weight excluding hydrogens is 455 g/mol. The molecule has 2 aromatic heterocycles. The van der Waals surface area contributed by atoms with Crippen LogP contribution in [0.15, 0.2) is 58.1 Å². The van der Waals surface area contributed by atoms with Gasteiger partial charge in [-0.3, -0.25) is 10.1 Å². The first kappa shape index (κ1) is 20.9. The summed E-state index contributed by atoms with van der Waals surface area (Å²) in [6, 6.07) is 14.2. The quantitative estimate of drug-likeness (QED) is 0.200. The van der Waals surface area contributed by atoms with E-state index in [0.717, 1.165) is 37.6 Å². The summed E-state index contributed by atoms with van der Waals surface area (Å²) in [7, 11) is 1.77. The predicted molar refractivity (Wildman–Crippen MR) is 117 cm³/mol. The fourth-order valence-electron chi connectivity index (χ4n) is 2.59. The summed E-state index contributed by atoms with van der Waals surface area (Å²) in [6.45, 7) is 1.59. The normalized spacial score (nSPS) is 11.1. The highest BCUT2D eigenvalue weighted by Gasteiger charge is 2.08. The number of guanidine groups is 1. The number of aromatic amines is 1. The Morgan fingerprint density at radius 1 is 1.07 bits per heavy atom. The topological polar surface area (TPSA) is 91.1 Å². The maximum Gasteiger partial charge on any atom is 0.216 e. The number of rotatable bonds is 8. The van der Waals surface area contributed by atoms with Gasteiger partial charge in [0, 0.05) is 26.6 Å². The van der Waals surface area contributed by atoms with Crippen LogP contribution >= 0.6 is 24.0 Å². The van der Waals surface area contributed by atoms with Gasteiger partial charge in [0.15, 0.2) is 11.7 Å². The predicted octanol–water partition coefficient (Wildman–Crippen LogP) is 3.02. The molecule has 0 radical (unpaired) electrons. The summed E-state index contributed by atoms with van der Waals surface area (Å²) in [4.78, 5) is 8.67. The van der Waals surface area contributed by atoms with Crippen LogP contribution in [0.4, 0.5) is 0 Å². The molecular formula is C19H25IN6O. The van der Waals surface area contributed by atoms with Crippen molar-refractivity contribution in [2.75, 3.05) is 20.1 Å². The number of hydrogen-bond donors (Lipinski definition) is 3. The Bertz CT molecular complexity index is 801. The number of nitrogens with one attached hydrogen (secondary N) is 3. The lowest BCUT2D eigenvalue weighted by Gasteiger charge is -2.11. The highest BCUT2D eigenvalue weighted by molar-refractivity contribution is 14.0. The molecule has 0 unspecified atom stereocenters. The number of hydrogen-bond acceptors (Lipinski definition) is 4. The SMILES string of the molecule is CN=C(NCCCc1ccccc1)NCCc1nc(-c2ccco2)n[nH]1.I. The molecule has 3 rings (SSSR count). The number of nitrogens with zero attached hydrogens (tertiary/aromatic N) is 3. The Balaban J connectivity index is 0.00000261. The van der Waals surface area contributed by atoms with Gasteiger partial charge in [-0.25, -0.2) is 4.98 Å². The van der Waals surface area contributed by atoms with Gasteiger partial charge >= 0.3 is 0 Å². The van der Waals surface area contributed by atoms with E-state index in [0.29, 0.717) is 18.1 Å². The van der Waals surface area contributed by atoms with Crippen molar-refractivity contribution in [1.82, 2.24) is 25.8 Å². The number of aliphatic imine (C=N–C) groups is 1. The lowest BCUT2D eigenvalue weighted by Crippen LogP contribution is -2.38. The largest absolute Gasteiger partial charge is 0.461 e. The first-order chi connectivity index (χ1) is 12.8. The summed E-state index contributed by atoms with van der Waals surface area (Å²) < 4.78 is 5.29. The molecule has 0 aliphatic carbocycles. The Morgan fingerprint density at radius 3 is 2.63 bits per heavy atom. The van der Waals surface area contributed by atoms with E-state index in [1.807, 2.05) is 18.2 Å². The summed E-state index contributed by atoms with van der Waals surface area (Å²) in [5.41, 5.74) is 1.36. The third-order valence-corrected chi connectivity index (χ3v) is 3.93. The number of H-pyrrole nitrogens is 1. The van der Waals surface area contributed by atoms with E-state index in [1.54, 1.807) is 13.3 Å². The highest BCUT2D eigenvalue weighted by Crippen LogP contribution is 2.14. The molecule has 3 aromatic rings. The Hall–Kier alpha value is -2.36. The molecule has 0 fully saturated rings. The average molecular weight is 480 g/mol. The van der Waals surface area contributed by atoms with Crippen LogP contribution in [0.25, 0.3) is 11.6 Å². The molecule has 0 spiro atoms. The molecule has 0 saturated heterocycles.